The molecule has 0 aliphatic heterocycles. The summed E-state index contributed by atoms with van der Waals surface area (Å²) < 4.78 is 5.87. The van der Waals surface area contributed by atoms with Crippen molar-refractivity contribution < 1.29 is 4.74 Å². The maximum atomic E-state index is 9.15. The van der Waals surface area contributed by atoms with E-state index in [4.69, 9.17) is 27.3 Å². The molecule has 0 fully saturated rings. The van der Waals surface area contributed by atoms with Crippen LogP contribution in [0.3, 0.4) is 0 Å². The first-order valence-corrected chi connectivity index (χ1v) is 7.93. The van der Waals surface area contributed by atoms with E-state index < -0.39 is 0 Å². The lowest BCUT2D eigenvalue weighted by molar-refractivity contribution is 0.480. The predicted molar refractivity (Wildman–Crippen MR) is 94.3 cm³/mol. The number of hydrogen-bond acceptors (Lipinski definition) is 6. The standard InChI is InChI=1S/C18H14ClN5O/c19-18-8-14(11-23-24-18)25-17-7-13(9-21)1-3-15(17)16-4-2-12(5-6-20)10-22-16/h1-4,7-8,10-11H,5-6,20H2. The van der Waals surface area contributed by atoms with E-state index in [9.17, 15) is 0 Å². The number of ether oxygens (including phenoxy) is 1. The van der Waals surface area contributed by atoms with Gasteiger partial charge in [0.05, 0.1) is 23.5 Å². The van der Waals surface area contributed by atoms with E-state index in [2.05, 4.69) is 21.3 Å². The molecule has 0 aliphatic rings. The van der Waals surface area contributed by atoms with E-state index in [0.717, 1.165) is 23.2 Å². The molecule has 0 aliphatic carbocycles. The number of nitriles is 1. The van der Waals surface area contributed by atoms with Crippen LogP contribution >= 0.6 is 11.6 Å². The van der Waals surface area contributed by atoms with E-state index in [0.29, 0.717) is 23.6 Å². The molecule has 0 bridgehead atoms. The SMILES string of the molecule is N#Cc1ccc(-c2ccc(CCN)cn2)c(Oc2cnnc(Cl)c2)c1. The van der Waals surface area contributed by atoms with Crippen molar-refractivity contribution in [2.24, 2.45) is 5.73 Å². The third-order valence-corrected chi connectivity index (χ3v) is 3.66. The van der Waals surface area contributed by atoms with Gasteiger partial charge < -0.3 is 10.5 Å². The van der Waals surface area contributed by atoms with E-state index in [1.165, 1.54) is 6.20 Å². The monoisotopic (exact) mass is 351 g/mol. The topological polar surface area (TPSA) is 97.7 Å². The largest absolute Gasteiger partial charge is 0.455 e. The molecule has 0 unspecified atom stereocenters. The minimum atomic E-state index is 0.222. The zero-order valence-electron chi connectivity index (χ0n) is 13.2. The van der Waals surface area contributed by atoms with Crippen LogP contribution in [-0.4, -0.2) is 21.7 Å². The first kappa shape index (κ1) is 16.8. The summed E-state index contributed by atoms with van der Waals surface area (Å²) in [6.45, 7) is 0.571. The van der Waals surface area contributed by atoms with Crippen LogP contribution in [0.5, 0.6) is 11.5 Å². The van der Waals surface area contributed by atoms with Gasteiger partial charge >= 0.3 is 0 Å². The number of aromatic nitrogens is 3. The van der Waals surface area contributed by atoms with Crippen LogP contribution in [0.25, 0.3) is 11.3 Å². The first-order valence-electron chi connectivity index (χ1n) is 7.55. The molecule has 25 heavy (non-hydrogen) atoms. The number of nitrogens with two attached hydrogens (primary N) is 1. The molecule has 0 saturated heterocycles. The summed E-state index contributed by atoms with van der Waals surface area (Å²) in [5, 5.41) is 16.8. The van der Waals surface area contributed by atoms with Crippen LogP contribution in [-0.2, 0) is 6.42 Å². The number of nitrogens with zero attached hydrogens (tertiary/aromatic N) is 4. The fourth-order valence-corrected chi connectivity index (χ4v) is 2.44. The molecule has 0 atom stereocenters. The number of pyridine rings is 1. The zero-order valence-corrected chi connectivity index (χ0v) is 13.9. The van der Waals surface area contributed by atoms with Gasteiger partial charge in [-0.1, -0.05) is 17.7 Å². The predicted octanol–water partition coefficient (Wildman–Crippen LogP) is 3.36. The molecule has 0 spiro atoms. The highest BCUT2D eigenvalue weighted by Crippen LogP contribution is 2.33. The van der Waals surface area contributed by atoms with Gasteiger partial charge in [-0.25, -0.2) is 0 Å². The Balaban J connectivity index is 1.99. The third kappa shape index (κ3) is 4.10. The summed E-state index contributed by atoms with van der Waals surface area (Å²) in [5.41, 5.74) is 8.59. The van der Waals surface area contributed by atoms with E-state index in [1.54, 1.807) is 30.5 Å². The molecule has 2 aromatic heterocycles. The second kappa shape index (κ2) is 7.71. The molecule has 2 heterocycles. The van der Waals surface area contributed by atoms with Crippen molar-refractivity contribution in [3.05, 3.63) is 65.1 Å². The molecular weight excluding hydrogens is 338 g/mol. The summed E-state index contributed by atoms with van der Waals surface area (Å²) in [6.07, 6.45) is 4.01. The quantitative estimate of drug-likeness (QED) is 0.756. The summed E-state index contributed by atoms with van der Waals surface area (Å²) in [5.74, 6) is 0.915. The Kier molecular flexibility index (Phi) is 5.19. The van der Waals surface area contributed by atoms with Gasteiger partial charge in [-0.15, -0.1) is 5.10 Å². The Bertz CT molecular complexity index is 921. The number of hydrogen-bond donors (Lipinski definition) is 1. The van der Waals surface area contributed by atoms with Crippen LogP contribution in [0.2, 0.25) is 5.15 Å². The molecule has 124 valence electrons. The maximum Gasteiger partial charge on any atom is 0.155 e. The summed E-state index contributed by atoms with van der Waals surface area (Å²) in [4.78, 5) is 4.47. The Morgan fingerprint density at radius 2 is 2.04 bits per heavy atom. The normalized spacial score (nSPS) is 10.3. The number of rotatable bonds is 5. The summed E-state index contributed by atoms with van der Waals surface area (Å²) in [6, 6.07) is 12.7. The first-order chi connectivity index (χ1) is 12.2. The van der Waals surface area contributed by atoms with Gasteiger partial charge in [-0.05, 0) is 42.8 Å². The van der Waals surface area contributed by atoms with E-state index >= 15 is 0 Å². The van der Waals surface area contributed by atoms with Crippen molar-refractivity contribution in [1.82, 2.24) is 15.2 Å². The molecule has 7 heteroatoms. The highest BCUT2D eigenvalue weighted by Gasteiger charge is 2.11. The van der Waals surface area contributed by atoms with Crippen molar-refractivity contribution in [1.29, 1.82) is 5.26 Å². The van der Waals surface area contributed by atoms with Crippen molar-refractivity contribution >= 4 is 11.6 Å². The Morgan fingerprint density at radius 3 is 2.72 bits per heavy atom. The van der Waals surface area contributed by atoms with Crippen molar-refractivity contribution in [2.45, 2.75) is 6.42 Å². The molecular formula is C18H14ClN5O. The Hall–Kier alpha value is -3.01. The number of halogens is 1. The molecule has 3 rings (SSSR count). The molecule has 0 amide bonds. The van der Waals surface area contributed by atoms with Crippen LogP contribution in [0.1, 0.15) is 11.1 Å². The Morgan fingerprint density at radius 1 is 1.16 bits per heavy atom. The van der Waals surface area contributed by atoms with Crippen LogP contribution in [0.15, 0.2) is 48.8 Å². The smallest absolute Gasteiger partial charge is 0.155 e. The molecule has 3 aromatic rings. The van der Waals surface area contributed by atoms with Gasteiger partial charge in [0, 0.05) is 17.8 Å². The second-order valence-electron chi connectivity index (χ2n) is 5.23. The lowest BCUT2D eigenvalue weighted by atomic mass is 10.1. The van der Waals surface area contributed by atoms with Crippen molar-refractivity contribution in [3.63, 3.8) is 0 Å². The number of benzene rings is 1. The van der Waals surface area contributed by atoms with Crippen molar-refractivity contribution in [3.8, 4) is 28.8 Å². The lowest BCUT2D eigenvalue weighted by Crippen LogP contribution is -2.03. The van der Waals surface area contributed by atoms with Gasteiger partial charge in [-0.2, -0.15) is 10.4 Å². The molecule has 6 nitrogen and oxygen atoms in total. The van der Waals surface area contributed by atoms with E-state index in [-0.39, 0.29) is 5.15 Å². The summed E-state index contributed by atoms with van der Waals surface area (Å²) in [7, 11) is 0. The van der Waals surface area contributed by atoms with Crippen molar-refractivity contribution in [2.75, 3.05) is 6.54 Å². The van der Waals surface area contributed by atoms with Crippen LogP contribution in [0, 0.1) is 11.3 Å². The molecule has 0 saturated carbocycles. The van der Waals surface area contributed by atoms with Gasteiger partial charge in [0.1, 0.15) is 5.75 Å². The van der Waals surface area contributed by atoms with Crippen LogP contribution in [0.4, 0.5) is 0 Å². The second-order valence-corrected chi connectivity index (χ2v) is 5.62. The minimum Gasteiger partial charge on any atom is -0.455 e. The highest BCUT2D eigenvalue weighted by atomic mass is 35.5. The molecule has 2 N–H and O–H groups in total. The lowest BCUT2D eigenvalue weighted by Gasteiger charge is -2.11. The zero-order chi connectivity index (χ0) is 17.6. The van der Waals surface area contributed by atoms with Gasteiger partial charge in [0.25, 0.3) is 0 Å². The fourth-order valence-electron chi connectivity index (χ4n) is 2.29. The van der Waals surface area contributed by atoms with Crippen LogP contribution < -0.4 is 10.5 Å². The molecule has 0 radical (unpaired) electrons. The van der Waals surface area contributed by atoms with Gasteiger partial charge in [0.2, 0.25) is 0 Å². The third-order valence-electron chi connectivity index (χ3n) is 3.47. The van der Waals surface area contributed by atoms with Gasteiger partial charge in [0.15, 0.2) is 10.9 Å². The summed E-state index contributed by atoms with van der Waals surface area (Å²) >= 11 is 5.85. The Labute approximate surface area is 149 Å². The highest BCUT2D eigenvalue weighted by molar-refractivity contribution is 6.29. The average Bonchev–Trinajstić information content (AvgIpc) is 2.63. The van der Waals surface area contributed by atoms with Gasteiger partial charge in [-0.3, -0.25) is 4.98 Å². The minimum absolute atomic E-state index is 0.222. The maximum absolute atomic E-state index is 9.15. The van der Waals surface area contributed by atoms with E-state index in [1.807, 2.05) is 12.1 Å². The fraction of sp³-hybridized carbons (Fsp3) is 0.111. The average molecular weight is 352 g/mol. The molecule has 1 aromatic carbocycles.